The molecule has 0 saturated carbocycles. The lowest BCUT2D eigenvalue weighted by Crippen LogP contribution is -2.21. The molecular formula is C19H23ClN2O4. The van der Waals surface area contributed by atoms with Crippen LogP contribution in [0, 0.1) is 0 Å². The van der Waals surface area contributed by atoms with Gasteiger partial charge in [0.05, 0.1) is 6.61 Å². The van der Waals surface area contributed by atoms with Crippen molar-refractivity contribution in [2.45, 2.75) is 19.9 Å². The summed E-state index contributed by atoms with van der Waals surface area (Å²) in [6, 6.07) is 14.2. The van der Waals surface area contributed by atoms with Crippen LogP contribution in [0.2, 0.25) is 0 Å². The van der Waals surface area contributed by atoms with E-state index in [1.54, 1.807) is 13.0 Å². The number of halogens is 1. The van der Waals surface area contributed by atoms with Crippen molar-refractivity contribution in [3.63, 3.8) is 0 Å². The molecule has 0 unspecified atom stereocenters. The van der Waals surface area contributed by atoms with E-state index in [0.29, 0.717) is 25.2 Å². The van der Waals surface area contributed by atoms with Crippen molar-refractivity contribution in [1.29, 1.82) is 0 Å². The standard InChI is InChI=1S/C19H22N2O4.ClH/c1-2-25-19(24)16-9-8-15(12-17(16)22)21-18(23)10-11-20-13-14-6-4-3-5-7-14;/h3-9,12,20,22H,2,10-11,13H2,1H3,(H,21,23);1H. The smallest absolute Gasteiger partial charge is 0.341 e. The summed E-state index contributed by atoms with van der Waals surface area (Å²) >= 11 is 0. The van der Waals surface area contributed by atoms with Gasteiger partial charge < -0.3 is 20.5 Å². The van der Waals surface area contributed by atoms with Crippen molar-refractivity contribution in [2.24, 2.45) is 0 Å². The van der Waals surface area contributed by atoms with Crippen LogP contribution in [0.3, 0.4) is 0 Å². The third-order valence-corrected chi connectivity index (χ3v) is 3.48. The van der Waals surface area contributed by atoms with Crippen molar-refractivity contribution in [3.05, 3.63) is 59.7 Å². The minimum atomic E-state index is -0.594. The molecule has 0 fully saturated rings. The summed E-state index contributed by atoms with van der Waals surface area (Å²) in [7, 11) is 0. The number of hydrogen-bond donors (Lipinski definition) is 3. The molecule has 0 atom stereocenters. The van der Waals surface area contributed by atoms with Crippen LogP contribution in [0.1, 0.15) is 29.3 Å². The number of amides is 1. The molecule has 2 aromatic rings. The molecule has 0 spiro atoms. The second-order valence-corrected chi connectivity index (χ2v) is 5.41. The van der Waals surface area contributed by atoms with E-state index in [1.807, 2.05) is 30.3 Å². The summed E-state index contributed by atoms with van der Waals surface area (Å²) in [4.78, 5) is 23.5. The highest BCUT2D eigenvalue weighted by molar-refractivity contribution is 5.95. The normalized spacial score (nSPS) is 9.88. The lowest BCUT2D eigenvalue weighted by Gasteiger charge is -2.09. The molecule has 0 radical (unpaired) electrons. The second-order valence-electron chi connectivity index (χ2n) is 5.41. The summed E-state index contributed by atoms with van der Waals surface area (Å²) < 4.78 is 4.84. The van der Waals surface area contributed by atoms with Gasteiger partial charge in [-0.15, -0.1) is 12.4 Å². The number of anilines is 1. The predicted molar refractivity (Wildman–Crippen MR) is 103 cm³/mol. The van der Waals surface area contributed by atoms with Gasteiger partial charge >= 0.3 is 5.97 Å². The van der Waals surface area contributed by atoms with Gasteiger partial charge in [0, 0.05) is 31.3 Å². The van der Waals surface area contributed by atoms with Crippen LogP contribution >= 0.6 is 12.4 Å². The Morgan fingerprint density at radius 2 is 1.85 bits per heavy atom. The summed E-state index contributed by atoms with van der Waals surface area (Å²) in [5, 5.41) is 15.8. The first-order valence-electron chi connectivity index (χ1n) is 8.14. The Balaban J connectivity index is 0.00000338. The molecule has 0 aliphatic heterocycles. The van der Waals surface area contributed by atoms with Crippen LogP contribution in [0.5, 0.6) is 5.75 Å². The molecular weight excluding hydrogens is 356 g/mol. The van der Waals surface area contributed by atoms with Gasteiger partial charge in [0.1, 0.15) is 11.3 Å². The van der Waals surface area contributed by atoms with Crippen molar-refractivity contribution in [1.82, 2.24) is 5.32 Å². The predicted octanol–water partition coefficient (Wildman–Crippen LogP) is 3.11. The Kier molecular flexibility index (Phi) is 9.19. The molecule has 26 heavy (non-hydrogen) atoms. The number of aromatic hydroxyl groups is 1. The molecule has 6 nitrogen and oxygen atoms in total. The van der Waals surface area contributed by atoms with E-state index in [9.17, 15) is 14.7 Å². The fourth-order valence-corrected chi connectivity index (χ4v) is 2.24. The molecule has 0 aliphatic carbocycles. The molecule has 1 amide bonds. The van der Waals surface area contributed by atoms with E-state index in [-0.39, 0.29) is 36.2 Å². The maximum atomic E-state index is 11.9. The molecule has 0 saturated heterocycles. The van der Waals surface area contributed by atoms with E-state index in [1.165, 1.54) is 12.1 Å². The van der Waals surface area contributed by atoms with Crippen molar-refractivity contribution in [3.8, 4) is 5.75 Å². The van der Waals surface area contributed by atoms with Gasteiger partial charge in [-0.05, 0) is 24.6 Å². The van der Waals surface area contributed by atoms with Crippen LogP contribution in [-0.4, -0.2) is 30.1 Å². The molecule has 0 aromatic heterocycles. The summed E-state index contributed by atoms with van der Waals surface area (Å²) in [6.07, 6.45) is 0.299. The number of phenols is 1. The van der Waals surface area contributed by atoms with Crippen LogP contribution in [0.15, 0.2) is 48.5 Å². The van der Waals surface area contributed by atoms with Crippen LogP contribution in [-0.2, 0) is 16.1 Å². The maximum absolute atomic E-state index is 11.9. The van der Waals surface area contributed by atoms with Crippen molar-refractivity contribution < 1.29 is 19.4 Å². The van der Waals surface area contributed by atoms with E-state index < -0.39 is 5.97 Å². The Hall–Kier alpha value is -2.57. The summed E-state index contributed by atoms with van der Waals surface area (Å²) in [5.41, 5.74) is 1.66. The molecule has 3 N–H and O–H groups in total. The quantitative estimate of drug-likeness (QED) is 0.485. The van der Waals surface area contributed by atoms with Crippen LogP contribution in [0.4, 0.5) is 5.69 Å². The van der Waals surface area contributed by atoms with Gasteiger partial charge in [0.25, 0.3) is 0 Å². The molecule has 7 heteroatoms. The average Bonchev–Trinajstić information content (AvgIpc) is 2.60. The van der Waals surface area contributed by atoms with Gasteiger partial charge in [-0.25, -0.2) is 4.79 Å². The minimum absolute atomic E-state index is 0. The zero-order valence-electron chi connectivity index (χ0n) is 14.5. The monoisotopic (exact) mass is 378 g/mol. The lowest BCUT2D eigenvalue weighted by atomic mass is 10.2. The fraction of sp³-hybridized carbons (Fsp3) is 0.263. The largest absolute Gasteiger partial charge is 0.507 e. The first kappa shape index (κ1) is 21.5. The number of phenolic OH excluding ortho intramolecular Hbond substituents is 1. The number of esters is 1. The molecule has 0 aliphatic rings. The molecule has 140 valence electrons. The van der Waals surface area contributed by atoms with Crippen LogP contribution in [0.25, 0.3) is 0 Å². The van der Waals surface area contributed by atoms with E-state index in [2.05, 4.69) is 10.6 Å². The number of ether oxygens (including phenoxy) is 1. The summed E-state index contributed by atoms with van der Waals surface area (Å²) in [5.74, 6) is -0.995. The number of benzene rings is 2. The first-order valence-corrected chi connectivity index (χ1v) is 8.14. The average molecular weight is 379 g/mol. The molecule has 0 heterocycles. The van der Waals surface area contributed by atoms with Gasteiger partial charge in [-0.2, -0.15) is 0 Å². The number of hydrogen-bond acceptors (Lipinski definition) is 5. The fourth-order valence-electron chi connectivity index (χ4n) is 2.24. The highest BCUT2D eigenvalue weighted by Crippen LogP contribution is 2.22. The Labute approximate surface area is 159 Å². The zero-order valence-corrected chi connectivity index (χ0v) is 15.3. The number of carbonyl (C=O) groups excluding carboxylic acids is 2. The van der Waals surface area contributed by atoms with E-state index in [0.717, 1.165) is 5.56 Å². The maximum Gasteiger partial charge on any atom is 0.341 e. The van der Waals surface area contributed by atoms with Gasteiger partial charge in [-0.3, -0.25) is 4.79 Å². The molecule has 0 bridgehead atoms. The third-order valence-electron chi connectivity index (χ3n) is 3.48. The summed E-state index contributed by atoms with van der Waals surface area (Å²) in [6.45, 7) is 3.15. The minimum Gasteiger partial charge on any atom is -0.507 e. The lowest BCUT2D eigenvalue weighted by molar-refractivity contribution is -0.116. The highest BCUT2D eigenvalue weighted by Gasteiger charge is 2.13. The van der Waals surface area contributed by atoms with Crippen molar-refractivity contribution in [2.75, 3.05) is 18.5 Å². The zero-order chi connectivity index (χ0) is 18.1. The number of rotatable bonds is 8. The molecule has 2 rings (SSSR count). The third kappa shape index (κ3) is 6.74. The Bertz CT molecular complexity index is 723. The van der Waals surface area contributed by atoms with Crippen molar-refractivity contribution >= 4 is 30.0 Å². The van der Waals surface area contributed by atoms with Gasteiger partial charge in [0.15, 0.2) is 0 Å². The van der Waals surface area contributed by atoms with Crippen LogP contribution < -0.4 is 10.6 Å². The van der Waals surface area contributed by atoms with E-state index in [4.69, 9.17) is 4.74 Å². The first-order chi connectivity index (χ1) is 12.1. The second kappa shape index (κ2) is 11.1. The number of carbonyl (C=O) groups is 2. The molecule has 2 aromatic carbocycles. The number of nitrogens with one attached hydrogen (secondary N) is 2. The Morgan fingerprint density at radius 3 is 2.50 bits per heavy atom. The Morgan fingerprint density at radius 1 is 1.12 bits per heavy atom. The SMILES string of the molecule is CCOC(=O)c1ccc(NC(=O)CCNCc2ccccc2)cc1O.Cl. The van der Waals surface area contributed by atoms with E-state index >= 15 is 0 Å². The van der Waals surface area contributed by atoms with Gasteiger partial charge in [-0.1, -0.05) is 30.3 Å². The topological polar surface area (TPSA) is 87.7 Å². The highest BCUT2D eigenvalue weighted by atomic mass is 35.5. The van der Waals surface area contributed by atoms with Gasteiger partial charge in [0.2, 0.25) is 5.91 Å².